The van der Waals surface area contributed by atoms with Gasteiger partial charge >= 0.3 is 0 Å². The predicted octanol–water partition coefficient (Wildman–Crippen LogP) is 2.43. The van der Waals surface area contributed by atoms with Crippen LogP contribution in [0.2, 0.25) is 0 Å². The molecule has 5 heteroatoms. The van der Waals surface area contributed by atoms with Gasteiger partial charge in [-0.15, -0.1) is 0 Å². The number of nitrogens with zero attached hydrogens (tertiary/aromatic N) is 3. The molecule has 112 valence electrons. The van der Waals surface area contributed by atoms with Crippen LogP contribution < -0.4 is 5.32 Å². The van der Waals surface area contributed by atoms with Gasteiger partial charge in [-0.3, -0.25) is 0 Å². The third-order valence-corrected chi connectivity index (χ3v) is 4.72. The molecule has 3 atom stereocenters. The van der Waals surface area contributed by atoms with Crippen molar-refractivity contribution in [2.45, 2.75) is 70.7 Å². The van der Waals surface area contributed by atoms with Crippen molar-refractivity contribution in [3.8, 4) is 0 Å². The van der Waals surface area contributed by atoms with Crippen molar-refractivity contribution >= 4 is 0 Å². The van der Waals surface area contributed by atoms with Crippen LogP contribution in [0.3, 0.4) is 0 Å². The number of ether oxygens (including phenoxy) is 1. The Morgan fingerprint density at radius 2 is 2.10 bits per heavy atom. The number of aryl methyl sites for hydroxylation is 1. The van der Waals surface area contributed by atoms with Gasteiger partial charge in [0.15, 0.2) is 5.82 Å². The lowest BCUT2D eigenvalue weighted by Crippen LogP contribution is -2.41. The Kier molecular flexibility index (Phi) is 4.36. The van der Waals surface area contributed by atoms with Crippen LogP contribution in [0.1, 0.15) is 63.1 Å². The number of hydrogen-bond acceptors (Lipinski definition) is 4. The van der Waals surface area contributed by atoms with Crippen molar-refractivity contribution < 1.29 is 4.74 Å². The topological polar surface area (TPSA) is 52.0 Å². The Hall–Kier alpha value is -0.940. The summed E-state index contributed by atoms with van der Waals surface area (Å²) in [4.78, 5) is 4.68. The van der Waals surface area contributed by atoms with Crippen molar-refractivity contribution in [1.29, 1.82) is 0 Å². The summed E-state index contributed by atoms with van der Waals surface area (Å²) < 4.78 is 7.22. The summed E-state index contributed by atoms with van der Waals surface area (Å²) in [5, 5.41) is 8.40. The first kappa shape index (κ1) is 14.0. The van der Waals surface area contributed by atoms with Gasteiger partial charge in [-0.05, 0) is 31.6 Å². The minimum absolute atomic E-state index is 0.368. The summed E-state index contributed by atoms with van der Waals surface area (Å²) in [7, 11) is 1.69. The molecule has 1 N–H and O–H groups in total. The summed E-state index contributed by atoms with van der Waals surface area (Å²) >= 11 is 0. The maximum absolute atomic E-state index is 5.15. The van der Waals surface area contributed by atoms with Crippen molar-refractivity contribution in [3.63, 3.8) is 0 Å². The number of fused-ring (bicyclic) bond motifs is 1. The number of aromatic nitrogens is 3. The average molecular weight is 278 g/mol. The molecule has 20 heavy (non-hydrogen) atoms. The minimum Gasteiger partial charge on any atom is -0.377 e. The first-order valence-electron chi connectivity index (χ1n) is 7.96. The molecule has 0 bridgehead atoms. The number of nitrogens with one attached hydrogen (secondary N) is 1. The van der Waals surface area contributed by atoms with E-state index >= 15 is 0 Å². The molecule has 0 amide bonds. The van der Waals surface area contributed by atoms with E-state index in [1.165, 1.54) is 38.5 Å². The number of methoxy groups -OCH3 is 1. The monoisotopic (exact) mass is 278 g/mol. The zero-order valence-electron chi connectivity index (χ0n) is 12.6. The van der Waals surface area contributed by atoms with Crippen molar-refractivity contribution in [2.24, 2.45) is 5.92 Å². The van der Waals surface area contributed by atoms with Crippen LogP contribution in [0.15, 0.2) is 0 Å². The zero-order valence-corrected chi connectivity index (χ0v) is 12.6. The SMILES string of the molecule is COCc1nc2n(n1)CCC[C@@H]2N[C@@H]1CCCC[C@@H]1C. The lowest BCUT2D eigenvalue weighted by molar-refractivity contribution is 0.177. The van der Waals surface area contributed by atoms with Gasteiger partial charge in [0.2, 0.25) is 0 Å². The highest BCUT2D eigenvalue weighted by atomic mass is 16.5. The van der Waals surface area contributed by atoms with Gasteiger partial charge < -0.3 is 10.1 Å². The number of rotatable bonds is 4. The van der Waals surface area contributed by atoms with E-state index < -0.39 is 0 Å². The molecule has 0 unspecified atom stereocenters. The highest BCUT2D eigenvalue weighted by Crippen LogP contribution is 2.29. The quantitative estimate of drug-likeness (QED) is 0.919. The van der Waals surface area contributed by atoms with Crippen LogP contribution >= 0.6 is 0 Å². The summed E-state index contributed by atoms with van der Waals surface area (Å²) in [5.74, 6) is 2.70. The van der Waals surface area contributed by atoms with Gasteiger partial charge in [0.25, 0.3) is 0 Å². The molecule has 1 aromatic rings. The Morgan fingerprint density at radius 1 is 1.25 bits per heavy atom. The first-order chi connectivity index (χ1) is 9.78. The third-order valence-electron chi connectivity index (χ3n) is 4.72. The Morgan fingerprint density at radius 3 is 2.90 bits per heavy atom. The van der Waals surface area contributed by atoms with E-state index in [9.17, 15) is 0 Å². The smallest absolute Gasteiger partial charge is 0.176 e. The van der Waals surface area contributed by atoms with Crippen LogP contribution in [0.4, 0.5) is 0 Å². The highest BCUT2D eigenvalue weighted by molar-refractivity contribution is 5.03. The molecule has 1 fully saturated rings. The molecular weight excluding hydrogens is 252 g/mol. The Labute approximate surface area is 121 Å². The third kappa shape index (κ3) is 2.88. The van der Waals surface area contributed by atoms with E-state index in [1.807, 2.05) is 0 Å². The van der Waals surface area contributed by atoms with Gasteiger partial charge in [-0.2, -0.15) is 5.10 Å². The molecule has 0 saturated heterocycles. The fraction of sp³-hybridized carbons (Fsp3) is 0.867. The first-order valence-corrected chi connectivity index (χ1v) is 7.96. The molecule has 5 nitrogen and oxygen atoms in total. The average Bonchev–Trinajstić information content (AvgIpc) is 2.85. The van der Waals surface area contributed by atoms with Gasteiger partial charge in [0.05, 0.1) is 6.04 Å². The predicted molar refractivity (Wildman–Crippen MR) is 77.3 cm³/mol. The molecule has 1 aliphatic heterocycles. The molecule has 2 heterocycles. The fourth-order valence-corrected chi connectivity index (χ4v) is 3.57. The van der Waals surface area contributed by atoms with E-state index in [0.717, 1.165) is 24.1 Å². The van der Waals surface area contributed by atoms with Crippen molar-refractivity contribution in [1.82, 2.24) is 20.1 Å². The van der Waals surface area contributed by atoms with Crippen molar-refractivity contribution in [3.05, 3.63) is 11.6 Å². The normalized spacial score (nSPS) is 30.2. The second-order valence-corrected chi connectivity index (χ2v) is 6.27. The molecule has 0 aromatic carbocycles. The molecule has 1 saturated carbocycles. The summed E-state index contributed by atoms with van der Waals surface area (Å²) in [5.41, 5.74) is 0. The van der Waals surface area contributed by atoms with E-state index in [0.29, 0.717) is 18.7 Å². The largest absolute Gasteiger partial charge is 0.377 e. The summed E-state index contributed by atoms with van der Waals surface area (Å²) in [6.07, 6.45) is 7.76. The summed E-state index contributed by atoms with van der Waals surface area (Å²) in [6, 6.07) is 1.01. The molecule has 1 aliphatic carbocycles. The second-order valence-electron chi connectivity index (χ2n) is 6.27. The maximum Gasteiger partial charge on any atom is 0.176 e. The standard InChI is InChI=1S/C15H26N4O/c1-11-6-3-4-7-12(11)16-13-8-5-9-19-15(13)17-14(18-19)10-20-2/h11-13,16H,3-10H2,1-2H3/t11-,12+,13-/m0/s1. The zero-order chi connectivity index (χ0) is 13.9. The number of hydrogen-bond donors (Lipinski definition) is 1. The van der Waals surface area contributed by atoms with Crippen molar-refractivity contribution in [2.75, 3.05) is 7.11 Å². The Bertz CT molecular complexity index is 445. The molecule has 1 aromatic heterocycles. The minimum atomic E-state index is 0.368. The molecule has 0 spiro atoms. The fourth-order valence-electron chi connectivity index (χ4n) is 3.57. The van der Waals surface area contributed by atoms with Crippen LogP contribution in [-0.4, -0.2) is 27.9 Å². The van der Waals surface area contributed by atoms with Crippen LogP contribution in [0, 0.1) is 5.92 Å². The van der Waals surface area contributed by atoms with Crippen LogP contribution in [-0.2, 0) is 17.9 Å². The molecule has 2 aliphatic rings. The van der Waals surface area contributed by atoms with Crippen LogP contribution in [0.5, 0.6) is 0 Å². The maximum atomic E-state index is 5.15. The summed E-state index contributed by atoms with van der Waals surface area (Å²) in [6.45, 7) is 3.87. The van der Waals surface area contributed by atoms with E-state index in [2.05, 4.69) is 27.0 Å². The van der Waals surface area contributed by atoms with Gasteiger partial charge in [0.1, 0.15) is 12.4 Å². The van der Waals surface area contributed by atoms with Gasteiger partial charge in [0, 0.05) is 19.7 Å². The van der Waals surface area contributed by atoms with Gasteiger partial charge in [-0.25, -0.2) is 9.67 Å². The van der Waals surface area contributed by atoms with Gasteiger partial charge in [-0.1, -0.05) is 19.8 Å². The second kappa shape index (κ2) is 6.22. The Balaban J connectivity index is 1.72. The lowest BCUT2D eigenvalue weighted by atomic mass is 9.85. The lowest BCUT2D eigenvalue weighted by Gasteiger charge is -2.34. The van der Waals surface area contributed by atoms with E-state index in [-0.39, 0.29) is 0 Å². The van der Waals surface area contributed by atoms with E-state index in [4.69, 9.17) is 4.74 Å². The molecule has 3 rings (SSSR count). The molecular formula is C15H26N4O. The van der Waals surface area contributed by atoms with E-state index in [1.54, 1.807) is 7.11 Å². The highest BCUT2D eigenvalue weighted by Gasteiger charge is 2.29. The molecule has 0 radical (unpaired) electrons. The van der Waals surface area contributed by atoms with Crippen LogP contribution in [0.25, 0.3) is 0 Å².